The molecule has 1 fully saturated rings. The van der Waals surface area contributed by atoms with Crippen molar-refractivity contribution in [3.05, 3.63) is 68.7 Å². The van der Waals surface area contributed by atoms with Gasteiger partial charge >= 0.3 is 5.97 Å². The van der Waals surface area contributed by atoms with Crippen LogP contribution in [-0.4, -0.2) is 35.7 Å². The van der Waals surface area contributed by atoms with Crippen LogP contribution < -0.4 is 4.90 Å². The minimum absolute atomic E-state index is 0.0394. The number of esters is 1. The predicted octanol–water partition coefficient (Wildman–Crippen LogP) is 3.14. The second-order valence-corrected chi connectivity index (χ2v) is 7.13. The molecule has 2 aromatic carbocycles. The molecule has 1 aliphatic rings. The van der Waals surface area contributed by atoms with Crippen molar-refractivity contribution >= 4 is 45.0 Å². The average molecular weight is 447 g/mol. The zero-order chi connectivity index (χ0) is 20.3. The van der Waals surface area contributed by atoms with Crippen LogP contribution in [0.4, 0.5) is 11.4 Å². The molecular weight excluding hydrogens is 432 g/mol. The van der Waals surface area contributed by atoms with Gasteiger partial charge in [0.1, 0.15) is 0 Å². The number of nitro benzene ring substituents is 1. The van der Waals surface area contributed by atoms with Crippen LogP contribution in [0, 0.1) is 16.0 Å². The number of carbonyl (C=O) groups is 3. The predicted molar refractivity (Wildman–Crippen MR) is 103 cm³/mol. The van der Waals surface area contributed by atoms with Gasteiger partial charge in [0.15, 0.2) is 12.4 Å². The molecule has 0 bridgehead atoms. The third kappa shape index (κ3) is 4.42. The topological polar surface area (TPSA) is 107 Å². The maximum Gasteiger partial charge on any atom is 0.311 e. The van der Waals surface area contributed by atoms with Crippen molar-refractivity contribution in [3.63, 3.8) is 0 Å². The molecule has 1 heterocycles. The normalized spacial score (nSPS) is 16.1. The van der Waals surface area contributed by atoms with E-state index in [1.807, 2.05) is 0 Å². The molecule has 0 aromatic heterocycles. The number of ether oxygens (including phenoxy) is 1. The fraction of sp³-hybridized carbons (Fsp3) is 0.211. The molecule has 0 aliphatic carbocycles. The Hall–Kier alpha value is -3.07. The second-order valence-electron chi connectivity index (χ2n) is 6.22. The van der Waals surface area contributed by atoms with Crippen LogP contribution in [0.25, 0.3) is 0 Å². The summed E-state index contributed by atoms with van der Waals surface area (Å²) in [6.45, 7) is -0.301. The fourth-order valence-corrected chi connectivity index (χ4v) is 3.11. The summed E-state index contributed by atoms with van der Waals surface area (Å²) in [7, 11) is 0. The number of carbonyl (C=O) groups excluding carboxylic acids is 3. The van der Waals surface area contributed by atoms with Gasteiger partial charge in [-0.2, -0.15) is 0 Å². The Morgan fingerprint density at radius 3 is 2.39 bits per heavy atom. The van der Waals surface area contributed by atoms with E-state index in [1.165, 1.54) is 29.2 Å². The monoisotopic (exact) mass is 446 g/mol. The van der Waals surface area contributed by atoms with Gasteiger partial charge in [-0.25, -0.2) is 0 Å². The number of rotatable bonds is 6. The van der Waals surface area contributed by atoms with E-state index in [0.29, 0.717) is 11.3 Å². The quantitative estimate of drug-likeness (QED) is 0.292. The maximum absolute atomic E-state index is 12.3. The van der Waals surface area contributed by atoms with Gasteiger partial charge in [-0.15, -0.1) is 0 Å². The zero-order valence-electron chi connectivity index (χ0n) is 14.5. The standard InChI is InChI=1S/C19H15BrN2O6/c20-14-3-1-12(2-4-14)17(23)11-28-19(25)13-9-18(24)21(10-13)15-5-7-16(8-6-15)22(26)27/h1-8,13H,9-11H2/t13-/m1/s1. The van der Waals surface area contributed by atoms with E-state index in [1.54, 1.807) is 24.3 Å². The lowest BCUT2D eigenvalue weighted by molar-refractivity contribution is -0.384. The number of amides is 1. The average Bonchev–Trinajstić information content (AvgIpc) is 3.08. The van der Waals surface area contributed by atoms with Crippen molar-refractivity contribution in [1.29, 1.82) is 0 Å². The van der Waals surface area contributed by atoms with Crippen molar-refractivity contribution in [3.8, 4) is 0 Å². The van der Waals surface area contributed by atoms with E-state index in [9.17, 15) is 24.5 Å². The highest BCUT2D eigenvalue weighted by atomic mass is 79.9. The van der Waals surface area contributed by atoms with Crippen molar-refractivity contribution in [2.24, 2.45) is 5.92 Å². The van der Waals surface area contributed by atoms with Gasteiger partial charge < -0.3 is 9.64 Å². The van der Waals surface area contributed by atoms with Crippen molar-refractivity contribution in [2.45, 2.75) is 6.42 Å². The Balaban J connectivity index is 1.58. The number of hydrogen-bond acceptors (Lipinski definition) is 6. The van der Waals surface area contributed by atoms with Crippen molar-refractivity contribution in [2.75, 3.05) is 18.1 Å². The molecule has 1 atom stereocenters. The van der Waals surface area contributed by atoms with Crippen LogP contribution in [0.5, 0.6) is 0 Å². The summed E-state index contributed by atoms with van der Waals surface area (Å²) < 4.78 is 5.92. The van der Waals surface area contributed by atoms with Crippen LogP contribution in [0.15, 0.2) is 53.0 Å². The minimum atomic E-state index is -0.694. The molecule has 1 amide bonds. The Kier molecular flexibility index (Phi) is 5.84. The van der Waals surface area contributed by atoms with E-state index in [-0.39, 0.29) is 30.3 Å². The number of Topliss-reactive ketones (excluding diaryl/α,β-unsaturated/α-hetero) is 1. The van der Waals surface area contributed by atoms with Gasteiger partial charge in [0.2, 0.25) is 5.91 Å². The lowest BCUT2D eigenvalue weighted by atomic mass is 10.1. The zero-order valence-corrected chi connectivity index (χ0v) is 16.1. The molecule has 2 aromatic rings. The number of non-ortho nitro benzene ring substituents is 1. The summed E-state index contributed by atoms with van der Waals surface area (Å²) in [4.78, 5) is 48.1. The molecule has 28 heavy (non-hydrogen) atoms. The number of nitrogens with zero attached hydrogens (tertiary/aromatic N) is 2. The molecule has 0 saturated carbocycles. The summed E-state index contributed by atoms with van der Waals surface area (Å²) in [6, 6.07) is 12.2. The van der Waals surface area contributed by atoms with Gasteiger partial charge in [-0.3, -0.25) is 24.5 Å². The second kappa shape index (κ2) is 8.30. The minimum Gasteiger partial charge on any atom is -0.457 e. The Bertz CT molecular complexity index is 926. The first-order chi connectivity index (χ1) is 13.3. The smallest absolute Gasteiger partial charge is 0.311 e. The van der Waals surface area contributed by atoms with Gasteiger partial charge in [0, 0.05) is 40.8 Å². The molecule has 1 aliphatic heterocycles. The van der Waals surface area contributed by atoms with Crippen LogP contribution in [0.2, 0.25) is 0 Å². The van der Waals surface area contributed by atoms with Crippen LogP contribution in [0.3, 0.4) is 0 Å². The van der Waals surface area contributed by atoms with Gasteiger partial charge in [-0.05, 0) is 24.3 Å². The highest BCUT2D eigenvalue weighted by Crippen LogP contribution is 2.27. The van der Waals surface area contributed by atoms with Crippen LogP contribution >= 0.6 is 15.9 Å². The highest BCUT2D eigenvalue weighted by Gasteiger charge is 2.36. The van der Waals surface area contributed by atoms with E-state index < -0.39 is 23.4 Å². The maximum atomic E-state index is 12.3. The van der Waals surface area contributed by atoms with Crippen molar-refractivity contribution < 1.29 is 24.0 Å². The van der Waals surface area contributed by atoms with Gasteiger partial charge in [0.05, 0.1) is 10.8 Å². The van der Waals surface area contributed by atoms with E-state index in [2.05, 4.69) is 15.9 Å². The fourth-order valence-electron chi connectivity index (χ4n) is 2.84. The number of benzene rings is 2. The number of hydrogen-bond donors (Lipinski definition) is 0. The molecule has 0 radical (unpaired) electrons. The first kappa shape index (κ1) is 19.7. The highest BCUT2D eigenvalue weighted by molar-refractivity contribution is 9.10. The number of ketones is 1. The van der Waals surface area contributed by atoms with Gasteiger partial charge in [-0.1, -0.05) is 28.1 Å². The Labute approximate surface area is 168 Å². The lowest BCUT2D eigenvalue weighted by Crippen LogP contribution is -2.27. The summed E-state index contributed by atoms with van der Waals surface area (Å²) in [5, 5.41) is 10.7. The summed E-state index contributed by atoms with van der Waals surface area (Å²) in [5.41, 5.74) is 0.806. The molecule has 8 nitrogen and oxygen atoms in total. The molecule has 0 unspecified atom stereocenters. The molecule has 3 rings (SSSR count). The SMILES string of the molecule is O=C(COC(=O)[C@@H]1CC(=O)N(c2ccc([N+](=O)[O-])cc2)C1)c1ccc(Br)cc1. The molecular formula is C19H15BrN2O6. The summed E-state index contributed by atoms with van der Waals surface area (Å²) in [5.74, 6) is -1.93. The largest absolute Gasteiger partial charge is 0.457 e. The van der Waals surface area contributed by atoms with E-state index in [0.717, 1.165) is 4.47 Å². The molecule has 0 N–H and O–H groups in total. The van der Waals surface area contributed by atoms with Crippen LogP contribution in [0.1, 0.15) is 16.8 Å². The Morgan fingerprint density at radius 1 is 1.14 bits per heavy atom. The number of anilines is 1. The third-order valence-corrected chi connectivity index (χ3v) is 4.87. The molecule has 9 heteroatoms. The van der Waals surface area contributed by atoms with Crippen LogP contribution in [-0.2, 0) is 14.3 Å². The number of nitro groups is 1. The molecule has 144 valence electrons. The van der Waals surface area contributed by atoms with E-state index >= 15 is 0 Å². The Morgan fingerprint density at radius 2 is 1.79 bits per heavy atom. The number of halogens is 1. The van der Waals surface area contributed by atoms with Gasteiger partial charge in [0.25, 0.3) is 5.69 Å². The molecule has 0 spiro atoms. The van der Waals surface area contributed by atoms with Crippen molar-refractivity contribution in [1.82, 2.24) is 0 Å². The van der Waals surface area contributed by atoms with E-state index in [4.69, 9.17) is 4.74 Å². The molecule has 1 saturated heterocycles. The first-order valence-electron chi connectivity index (χ1n) is 8.35. The lowest BCUT2D eigenvalue weighted by Gasteiger charge is -2.16. The summed E-state index contributed by atoms with van der Waals surface area (Å²) in [6.07, 6.45) is -0.0394. The first-order valence-corrected chi connectivity index (χ1v) is 9.14. The summed E-state index contributed by atoms with van der Waals surface area (Å²) >= 11 is 3.28. The third-order valence-electron chi connectivity index (χ3n) is 4.34.